The van der Waals surface area contributed by atoms with Gasteiger partial charge in [-0.1, -0.05) is 13.8 Å². The number of nitrogens with zero attached hydrogens (tertiary/aromatic N) is 1. The maximum Gasteiger partial charge on any atom is 0.326 e. The number of hydrogen-bond donors (Lipinski definition) is 8. The van der Waals surface area contributed by atoms with Gasteiger partial charge >= 0.3 is 11.9 Å². The second kappa shape index (κ2) is 14.8. The first kappa shape index (κ1) is 29.6. The molecule has 14 nitrogen and oxygen atoms in total. The summed E-state index contributed by atoms with van der Waals surface area (Å²) in [5.41, 5.74) is 10.6. The second-order valence-corrected chi connectivity index (χ2v) is 8.72. The van der Waals surface area contributed by atoms with Gasteiger partial charge in [0.2, 0.25) is 17.7 Å². The van der Waals surface area contributed by atoms with E-state index in [-0.39, 0.29) is 38.2 Å². The molecule has 1 rings (SSSR count). The Morgan fingerprint density at radius 2 is 1.63 bits per heavy atom. The van der Waals surface area contributed by atoms with Crippen molar-refractivity contribution in [2.45, 2.75) is 76.5 Å². The number of carboxylic acids is 2. The predicted octanol–water partition coefficient (Wildman–Crippen LogP) is -2.15. The summed E-state index contributed by atoms with van der Waals surface area (Å²) in [6, 6.07) is -4.03. The number of aliphatic carboxylic acids is 2. The van der Waals surface area contributed by atoms with Crippen molar-refractivity contribution in [3.05, 3.63) is 0 Å². The summed E-state index contributed by atoms with van der Waals surface area (Å²) in [6.07, 6.45) is 1.16. The average molecular weight is 500 g/mol. The topological polar surface area (TPSA) is 238 Å². The maximum atomic E-state index is 13.0. The molecule has 4 unspecified atom stereocenters. The normalized spacial score (nSPS) is 17.6. The molecule has 198 valence electrons. The van der Waals surface area contributed by atoms with E-state index in [9.17, 15) is 29.1 Å². The van der Waals surface area contributed by atoms with Gasteiger partial charge in [0.25, 0.3) is 0 Å². The Morgan fingerprint density at radius 3 is 2.14 bits per heavy atom. The van der Waals surface area contributed by atoms with E-state index in [1.165, 1.54) is 0 Å². The summed E-state index contributed by atoms with van der Waals surface area (Å²) in [7, 11) is 0. The minimum atomic E-state index is -1.23. The summed E-state index contributed by atoms with van der Waals surface area (Å²) in [5, 5.41) is 28.9. The van der Waals surface area contributed by atoms with Crippen molar-refractivity contribution >= 4 is 35.6 Å². The second-order valence-electron chi connectivity index (χ2n) is 8.72. The Labute approximate surface area is 203 Å². The average Bonchev–Trinajstić information content (AvgIpc) is 3.30. The molecule has 1 saturated heterocycles. The highest BCUT2D eigenvalue weighted by Gasteiger charge is 2.32. The van der Waals surface area contributed by atoms with E-state index in [1.807, 2.05) is 0 Å². The monoisotopic (exact) mass is 499 g/mol. The van der Waals surface area contributed by atoms with Gasteiger partial charge in [0.15, 0.2) is 5.96 Å². The largest absolute Gasteiger partial charge is 0.481 e. The molecular formula is C21H37N7O7. The van der Waals surface area contributed by atoms with E-state index in [2.05, 4.69) is 26.3 Å². The number of hydrogen-bond acceptors (Lipinski definition) is 7. The Morgan fingerprint density at radius 1 is 1.00 bits per heavy atom. The summed E-state index contributed by atoms with van der Waals surface area (Å²) >= 11 is 0. The van der Waals surface area contributed by atoms with Gasteiger partial charge in [-0.25, -0.2) is 4.79 Å². The number of carbonyl (C=O) groups is 5. The zero-order chi connectivity index (χ0) is 26.5. The number of carbonyl (C=O) groups excluding carboxylic acids is 3. The summed E-state index contributed by atoms with van der Waals surface area (Å²) in [6.45, 7) is 4.07. The lowest BCUT2D eigenvalue weighted by molar-refractivity contribution is -0.143. The van der Waals surface area contributed by atoms with Crippen molar-refractivity contribution in [1.82, 2.24) is 21.3 Å². The summed E-state index contributed by atoms with van der Waals surface area (Å²) in [5.74, 6) is -4.86. The first-order chi connectivity index (χ1) is 16.4. The fraction of sp³-hybridized carbons (Fsp3) is 0.714. The standard InChI is InChI=1S/C21H37N7O7/c1-11(2)16(20(34)35)28-19(33)13(6-4-10-25-21(22)23)26-18(32)14(7-8-15(29)30)27-17(31)12-5-3-9-24-12/h11-14,16,24H,3-10H2,1-2H3,(H,26,32)(H,27,31)(H,28,33)(H,29,30)(H,34,35)(H4,22,23,25). The van der Waals surface area contributed by atoms with Crippen LogP contribution in [-0.4, -0.2) is 83.1 Å². The zero-order valence-corrected chi connectivity index (χ0v) is 20.1. The van der Waals surface area contributed by atoms with E-state index in [0.717, 1.165) is 6.42 Å². The first-order valence-electron chi connectivity index (χ1n) is 11.6. The molecule has 1 fully saturated rings. The van der Waals surface area contributed by atoms with Gasteiger partial charge in [-0.3, -0.25) is 24.2 Å². The fourth-order valence-electron chi connectivity index (χ4n) is 3.53. The van der Waals surface area contributed by atoms with Crippen LogP contribution >= 0.6 is 0 Å². The van der Waals surface area contributed by atoms with Gasteiger partial charge in [-0.15, -0.1) is 0 Å². The van der Waals surface area contributed by atoms with Gasteiger partial charge in [-0.2, -0.15) is 0 Å². The van der Waals surface area contributed by atoms with E-state index < -0.39 is 59.7 Å². The van der Waals surface area contributed by atoms with E-state index >= 15 is 0 Å². The van der Waals surface area contributed by atoms with Crippen LogP contribution in [0.4, 0.5) is 0 Å². The van der Waals surface area contributed by atoms with Gasteiger partial charge in [-0.05, 0) is 44.6 Å². The van der Waals surface area contributed by atoms with Crippen LogP contribution in [0.25, 0.3) is 0 Å². The lowest BCUT2D eigenvalue weighted by atomic mass is 10.0. The predicted molar refractivity (Wildman–Crippen MR) is 126 cm³/mol. The third kappa shape index (κ3) is 11.0. The molecule has 1 aliphatic rings. The van der Waals surface area contributed by atoms with Crippen LogP contribution in [-0.2, 0) is 24.0 Å². The van der Waals surface area contributed by atoms with Crippen LogP contribution in [0.5, 0.6) is 0 Å². The highest BCUT2D eigenvalue weighted by molar-refractivity contribution is 5.94. The Bertz CT molecular complexity index is 793. The SMILES string of the molecule is CC(C)C(NC(=O)C(CCCN=C(N)N)NC(=O)C(CCC(=O)O)NC(=O)C1CCCN1)C(=O)O. The summed E-state index contributed by atoms with van der Waals surface area (Å²) in [4.78, 5) is 64.8. The molecule has 0 bridgehead atoms. The number of amides is 3. The van der Waals surface area contributed by atoms with Crippen LogP contribution < -0.4 is 32.7 Å². The first-order valence-corrected chi connectivity index (χ1v) is 11.6. The molecule has 1 aliphatic heterocycles. The lowest BCUT2D eigenvalue weighted by Gasteiger charge is -2.26. The number of carboxylic acid groups (broad SMARTS) is 2. The molecule has 35 heavy (non-hydrogen) atoms. The molecule has 0 aromatic rings. The molecule has 1 heterocycles. The minimum absolute atomic E-state index is 0.0720. The molecule has 0 radical (unpaired) electrons. The van der Waals surface area contributed by atoms with Gasteiger partial charge in [0, 0.05) is 13.0 Å². The maximum absolute atomic E-state index is 13.0. The number of aliphatic imine (C=N–C) groups is 1. The third-order valence-electron chi connectivity index (χ3n) is 5.47. The molecule has 0 saturated carbocycles. The Hall–Kier alpha value is -3.42. The van der Waals surface area contributed by atoms with Crippen molar-refractivity contribution in [3.8, 4) is 0 Å². The third-order valence-corrected chi connectivity index (χ3v) is 5.47. The van der Waals surface area contributed by atoms with Crippen molar-refractivity contribution < 1.29 is 34.2 Å². The van der Waals surface area contributed by atoms with Gasteiger partial charge in [0.05, 0.1) is 6.04 Å². The van der Waals surface area contributed by atoms with E-state index in [4.69, 9.17) is 16.6 Å². The van der Waals surface area contributed by atoms with E-state index in [0.29, 0.717) is 13.0 Å². The van der Waals surface area contributed by atoms with Crippen molar-refractivity contribution in [3.63, 3.8) is 0 Å². The lowest BCUT2D eigenvalue weighted by Crippen LogP contribution is -2.57. The smallest absolute Gasteiger partial charge is 0.326 e. The van der Waals surface area contributed by atoms with Crippen LogP contribution in [0.1, 0.15) is 52.4 Å². The van der Waals surface area contributed by atoms with Crippen molar-refractivity contribution in [2.24, 2.45) is 22.4 Å². The molecule has 0 aromatic carbocycles. The molecule has 0 aromatic heterocycles. The number of nitrogens with two attached hydrogens (primary N) is 2. The highest BCUT2D eigenvalue weighted by atomic mass is 16.4. The Balaban J connectivity index is 2.99. The molecule has 0 aliphatic carbocycles. The number of rotatable bonds is 15. The van der Waals surface area contributed by atoms with Crippen LogP contribution in [0.3, 0.4) is 0 Å². The molecular weight excluding hydrogens is 462 g/mol. The molecule has 4 atom stereocenters. The van der Waals surface area contributed by atoms with Crippen LogP contribution in [0.2, 0.25) is 0 Å². The molecule has 10 N–H and O–H groups in total. The molecule has 14 heteroatoms. The van der Waals surface area contributed by atoms with Gasteiger partial charge in [0.1, 0.15) is 18.1 Å². The molecule has 0 spiro atoms. The number of nitrogens with one attached hydrogen (secondary N) is 4. The number of guanidine groups is 1. The molecule has 3 amide bonds. The van der Waals surface area contributed by atoms with Crippen LogP contribution in [0, 0.1) is 5.92 Å². The van der Waals surface area contributed by atoms with E-state index in [1.54, 1.807) is 13.8 Å². The highest BCUT2D eigenvalue weighted by Crippen LogP contribution is 2.09. The van der Waals surface area contributed by atoms with Crippen molar-refractivity contribution in [1.29, 1.82) is 0 Å². The summed E-state index contributed by atoms with van der Waals surface area (Å²) < 4.78 is 0. The van der Waals surface area contributed by atoms with Gasteiger partial charge < -0.3 is 42.9 Å². The Kier molecular flexibility index (Phi) is 12.5. The fourth-order valence-corrected chi connectivity index (χ4v) is 3.53. The quantitative estimate of drug-likeness (QED) is 0.0690. The van der Waals surface area contributed by atoms with Crippen LogP contribution in [0.15, 0.2) is 4.99 Å². The zero-order valence-electron chi connectivity index (χ0n) is 20.1. The van der Waals surface area contributed by atoms with Crippen molar-refractivity contribution in [2.75, 3.05) is 13.1 Å². The minimum Gasteiger partial charge on any atom is -0.481 e.